The molecule has 1 aliphatic carbocycles. The lowest BCUT2D eigenvalue weighted by Gasteiger charge is -2.57. The minimum atomic E-state index is 0.250. The topological polar surface area (TPSA) is 23.6 Å². The van der Waals surface area contributed by atoms with E-state index in [1.165, 1.54) is 51.6 Å². The molecule has 3 nitrogen and oxygen atoms in total. The molecule has 0 aromatic carbocycles. The smallest absolute Gasteiger partial charge is 0.219 e. The van der Waals surface area contributed by atoms with Crippen LogP contribution in [0.5, 0.6) is 0 Å². The minimum absolute atomic E-state index is 0.250. The van der Waals surface area contributed by atoms with E-state index in [-0.39, 0.29) is 5.91 Å². The summed E-state index contributed by atoms with van der Waals surface area (Å²) in [7, 11) is 0. The highest BCUT2D eigenvalue weighted by atomic mass is 16.2. The summed E-state index contributed by atoms with van der Waals surface area (Å²) >= 11 is 0. The number of piperidine rings is 1. The largest absolute Gasteiger partial charge is 0.343 e. The van der Waals surface area contributed by atoms with Crippen LogP contribution < -0.4 is 0 Å². The van der Waals surface area contributed by atoms with E-state index in [1.54, 1.807) is 6.92 Å². The number of amides is 1. The molecule has 1 amide bonds. The summed E-state index contributed by atoms with van der Waals surface area (Å²) in [6.07, 6.45) is 8.19. The van der Waals surface area contributed by atoms with Crippen LogP contribution in [0.2, 0.25) is 0 Å². The van der Waals surface area contributed by atoms with Gasteiger partial charge in [0.2, 0.25) is 5.91 Å². The molecule has 3 heteroatoms. The first-order chi connectivity index (χ1) is 9.99. The van der Waals surface area contributed by atoms with Gasteiger partial charge < -0.3 is 4.90 Å². The molecule has 1 spiro atoms. The lowest BCUT2D eigenvalue weighted by Crippen LogP contribution is -2.62. The van der Waals surface area contributed by atoms with Crippen molar-refractivity contribution in [1.29, 1.82) is 0 Å². The van der Waals surface area contributed by atoms with E-state index in [0.29, 0.717) is 5.41 Å². The second-order valence-electron chi connectivity index (χ2n) is 8.22. The number of hydrogen-bond donors (Lipinski definition) is 0. The number of nitrogens with zero attached hydrogens (tertiary/aromatic N) is 2. The summed E-state index contributed by atoms with van der Waals surface area (Å²) < 4.78 is 0. The highest BCUT2D eigenvalue weighted by Gasteiger charge is 2.47. The Balaban J connectivity index is 1.43. The monoisotopic (exact) mass is 292 g/mol. The van der Waals surface area contributed by atoms with E-state index in [4.69, 9.17) is 0 Å². The van der Waals surface area contributed by atoms with Gasteiger partial charge in [0.1, 0.15) is 0 Å². The number of likely N-dealkylation sites (tertiary alicyclic amines) is 2. The van der Waals surface area contributed by atoms with Gasteiger partial charge in [0.15, 0.2) is 0 Å². The van der Waals surface area contributed by atoms with Gasteiger partial charge in [0.25, 0.3) is 0 Å². The van der Waals surface area contributed by atoms with Crippen molar-refractivity contribution >= 4 is 5.91 Å². The van der Waals surface area contributed by atoms with Crippen LogP contribution in [0.25, 0.3) is 0 Å². The van der Waals surface area contributed by atoms with Crippen LogP contribution in [0.4, 0.5) is 0 Å². The molecule has 3 rings (SSSR count). The third-order valence-corrected chi connectivity index (χ3v) is 6.54. The predicted molar refractivity (Wildman–Crippen MR) is 86.1 cm³/mol. The summed E-state index contributed by atoms with van der Waals surface area (Å²) in [6.45, 7) is 11.1. The van der Waals surface area contributed by atoms with Gasteiger partial charge in [0, 0.05) is 39.1 Å². The third-order valence-electron chi connectivity index (χ3n) is 6.54. The first kappa shape index (κ1) is 15.3. The average molecular weight is 292 g/mol. The van der Waals surface area contributed by atoms with Crippen molar-refractivity contribution in [2.45, 2.75) is 65.3 Å². The zero-order valence-corrected chi connectivity index (χ0v) is 14.1. The Hall–Kier alpha value is -0.570. The summed E-state index contributed by atoms with van der Waals surface area (Å²) in [6, 6.07) is 0.744. The van der Waals surface area contributed by atoms with Crippen LogP contribution in [-0.4, -0.2) is 47.9 Å². The summed E-state index contributed by atoms with van der Waals surface area (Å²) in [5.74, 6) is 2.10. The molecule has 2 saturated heterocycles. The van der Waals surface area contributed by atoms with Gasteiger partial charge in [-0.15, -0.1) is 0 Å². The fraction of sp³-hybridized carbons (Fsp3) is 0.944. The highest BCUT2D eigenvalue weighted by Crippen LogP contribution is 2.48. The van der Waals surface area contributed by atoms with Crippen LogP contribution in [0.15, 0.2) is 0 Å². The molecule has 0 unspecified atom stereocenters. The molecule has 0 aromatic heterocycles. The Morgan fingerprint density at radius 3 is 2.10 bits per heavy atom. The van der Waals surface area contributed by atoms with Crippen molar-refractivity contribution in [1.82, 2.24) is 9.80 Å². The van der Waals surface area contributed by atoms with Crippen molar-refractivity contribution in [3.8, 4) is 0 Å². The molecule has 2 heterocycles. The van der Waals surface area contributed by atoms with Crippen LogP contribution >= 0.6 is 0 Å². The maximum absolute atomic E-state index is 11.4. The molecule has 0 atom stereocenters. The molecule has 3 aliphatic rings. The number of carbonyl (C=O) groups is 1. The van der Waals surface area contributed by atoms with E-state index >= 15 is 0 Å². The molecule has 1 saturated carbocycles. The first-order valence-corrected chi connectivity index (χ1v) is 8.99. The van der Waals surface area contributed by atoms with Crippen LogP contribution in [0, 0.1) is 17.3 Å². The number of hydrogen-bond acceptors (Lipinski definition) is 2. The molecule has 3 fully saturated rings. The average Bonchev–Trinajstić information content (AvgIpc) is 2.45. The van der Waals surface area contributed by atoms with E-state index in [2.05, 4.69) is 18.7 Å². The fourth-order valence-corrected chi connectivity index (χ4v) is 4.85. The van der Waals surface area contributed by atoms with Crippen LogP contribution in [-0.2, 0) is 4.79 Å². The highest BCUT2D eigenvalue weighted by molar-refractivity contribution is 5.73. The van der Waals surface area contributed by atoms with Crippen molar-refractivity contribution < 1.29 is 4.79 Å². The van der Waals surface area contributed by atoms with E-state index in [1.807, 2.05) is 4.90 Å². The Labute approximate surface area is 130 Å². The van der Waals surface area contributed by atoms with Gasteiger partial charge in [0.05, 0.1) is 0 Å². The van der Waals surface area contributed by atoms with E-state index < -0.39 is 0 Å². The second-order valence-corrected chi connectivity index (χ2v) is 8.22. The molecule has 0 bridgehead atoms. The summed E-state index contributed by atoms with van der Waals surface area (Å²) in [5.41, 5.74) is 0.670. The van der Waals surface area contributed by atoms with Gasteiger partial charge in [-0.05, 0) is 55.8 Å². The summed E-state index contributed by atoms with van der Waals surface area (Å²) in [4.78, 5) is 16.1. The maximum Gasteiger partial charge on any atom is 0.219 e. The number of rotatable bonds is 2. The first-order valence-electron chi connectivity index (χ1n) is 8.99. The van der Waals surface area contributed by atoms with Gasteiger partial charge in [-0.3, -0.25) is 9.69 Å². The molecule has 21 heavy (non-hydrogen) atoms. The zero-order valence-electron chi connectivity index (χ0n) is 14.1. The van der Waals surface area contributed by atoms with Gasteiger partial charge in [-0.1, -0.05) is 13.8 Å². The molecule has 0 aromatic rings. The van der Waals surface area contributed by atoms with E-state index in [9.17, 15) is 4.79 Å². The quantitative estimate of drug-likeness (QED) is 0.780. The lowest BCUT2D eigenvalue weighted by molar-refractivity contribution is -0.132. The molecule has 0 N–H and O–H groups in total. The Bertz CT molecular complexity index is 369. The van der Waals surface area contributed by atoms with Gasteiger partial charge in [-0.2, -0.15) is 0 Å². The van der Waals surface area contributed by atoms with Crippen molar-refractivity contribution in [3.63, 3.8) is 0 Å². The van der Waals surface area contributed by atoms with Gasteiger partial charge >= 0.3 is 0 Å². The molecule has 2 aliphatic heterocycles. The lowest BCUT2D eigenvalue weighted by atomic mass is 9.63. The second kappa shape index (κ2) is 5.91. The fourth-order valence-electron chi connectivity index (χ4n) is 4.85. The van der Waals surface area contributed by atoms with Crippen molar-refractivity contribution in [2.24, 2.45) is 17.3 Å². The summed E-state index contributed by atoms with van der Waals surface area (Å²) in [5, 5.41) is 0. The normalized spacial score (nSPS) is 28.1. The Morgan fingerprint density at radius 1 is 1.05 bits per heavy atom. The van der Waals surface area contributed by atoms with E-state index in [0.717, 1.165) is 31.0 Å². The molecular weight excluding hydrogens is 260 g/mol. The predicted octanol–water partition coefficient (Wildman–Crippen LogP) is 3.15. The van der Waals surface area contributed by atoms with Crippen molar-refractivity contribution in [2.75, 3.05) is 26.2 Å². The SMILES string of the molecule is CC(=O)N1CCC(N2CC3(CCC(C(C)C)CC3)C2)CC1. The minimum Gasteiger partial charge on any atom is -0.343 e. The number of carbonyl (C=O) groups excluding carboxylic acids is 1. The standard InChI is InChI=1S/C18H32N2O/c1-14(2)16-4-8-18(9-5-16)12-20(13-18)17-6-10-19(11-7-17)15(3)21/h14,16-17H,4-13H2,1-3H3. The van der Waals surface area contributed by atoms with Crippen LogP contribution in [0.3, 0.4) is 0 Å². The van der Waals surface area contributed by atoms with Crippen molar-refractivity contribution in [3.05, 3.63) is 0 Å². The Morgan fingerprint density at radius 2 is 1.62 bits per heavy atom. The van der Waals surface area contributed by atoms with Crippen LogP contribution in [0.1, 0.15) is 59.3 Å². The maximum atomic E-state index is 11.4. The van der Waals surface area contributed by atoms with Gasteiger partial charge in [-0.25, -0.2) is 0 Å². The Kier molecular flexibility index (Phi) is 4.31. The molecule has 120 valence electrons. The molecule has 0 radical (unpaired) electrons. The third kappa shape index (κ3) is 3.13. The zero-order chi connectivity index (χ0) is 15.0. The molecular formula is C18H32N2O.